The number of benzene rings is 1. The van der Waals surface area contributed by atoms with Crippen LogP contribution in [0.15, 0.2) is 24.3 Å². The maximum atomic E-state index is 12.6. The number of halogens is 3. The summed E-state index contributed by atoms with van der Waals surface area (Å²) in [4.78, 5) is 12.5. The van der Waals surface area contributed by atoms with E-state index in [0.29, 0.717) is 18.1 Å². The van der Waals surface area contributed by atoms with Crippen molar-refractivity contribution < 1.29 is 23.1 Å². The van der Waals surface area contributed by atoms with Gasteiger partial charge in [0.1, 0.15) is 0 Å². The fourth-order valence-corrected chi connectivity index (χ4v) is 2.22. The summed E-state index contributed by atoms with van der Waals surface area (Å²) in [6.45, 7) is 2.45. The fourth-order valence-electron chi connectivity index (χ4n) is 2.22. The lowest BCUT2D eigenvalue weighted by atomic mass is 10.2. The molecule has 0 saturated carbocycles. The molecule has 10 heteroatoms. The predicted molar refractivity (Wildman–Crippen MR) is 77.4 cm³/mol. The normalized spacial score (nSPS) is 11.9. The second kappa shape index (κ2) is 7.39. The number of nitrogens with zero attached hydrogens (tertiary/aromatic N) is 5. The van der Waals surface area contributed by atoms with E-state index in [4.69, 9.17) is 5.11 Å². The number of hydrogen-bond acceptors (Lipinski definition) is 5. The van der Waals surface area contributed by atoms with Gasteiger partial charge in [-0.3, -0.25) is 9.69 Å². The zero-order valence-corrected chi connectivity index (χ0v) is 12.9. The standard InChI is InChI=1S/C14H16F3N5O2/c1-2-7-21(9-13(23)24)8-12-18-19-20-22(12)11-5-3-10(4-6-11)14(15,16)17/h3-6H,2,7-9H2,1H3,(H,23,24). The topological polar surface area (TPSA) is 84.1 Å². The summed E-state index contributed by atoms with van der Waals surface area (Å²) < 4.78 is 39.1. The van der Waals surface area contributed by atoms with Gasteiger partial charge in [-0.1, -0.05) is 6.92 Å². The van der Waals surface area contributed by atoms with Crippen molar-refractivity contribution in [3.63, 3.8) is 0 Å². The molecule has 2 rings (SSSR count). The second-order valence-corrected chi connectivity index (χ2v) is 5.16. The molecule has 0 fully saturated rings. The van der Waals surface area contributed by atoms with Gasteiger partial charge in [-0.15, -0.1) is 5.10 Å². The molecule has 1 N–H and O–H groups in total. The third kappa shape index (κ3) is 4.51. The Morgan fingerprint density at radius 1 is 1.29 bits per heavy atom. The van der Waals surface area contributed by atoms with Gasteiger partial charge >= 0.3 is 12.1 Å². The van der Waals surface area contributed by atoms with Gasteiger partial charge in [-0.05, 0) is 47.7 Å². The summed E-state index contributed by atoms with van der Waals surface area (Å²) >= 11 is 0. The number of carbonyl (C=O) groups is 1. The van der Waals surface area contributed by atoms with E-state index in [9.17, 15) is 18.0 Å². The first kappa shape index (κ1) is 17.9. The molecule has 0 bridgehead atoms. The molecule has 0 unspecified atom stereocenters. The molecule has 7 nitrogen and oxygen atoms in total. The number of rotatable bonds is 7. The van der Waals surface area contributed by atoms with Crippen LogP contribution in [0.2, 0.25) is 0 Å². The number of carboxylic acids is 1. The van der Waals surface area contributed by atoms with Crippen LogP contribution in [0.3, 0.4) is 0 Å². The lowest BCUT2D eigenvalue weighted by molar-refractivity contribution is -0.139. The summed E-state index contributed by atoms with van der Waals surface area (Å²) in [5.74, 6) is -0.624. The number of hydrogen-bond donors (Lipinski definition) is 1. The zero-order chi connectivity index (χ0) is 17.7. The number of aromatic nitrogens is 4. The van der Waals surface area contributed by atoms with Gasteiger partial charge in [0.15, 0.2) is 5.82 Å². The molecular formula is C14H16F3N5O2. The van der Waals surface area contributed by atoms with Crippen LogP contribution in [-0.4, -0.2) is 49.3 Å². The molecule has 2 aromatic rings. The van der Waals surface area contributed by atoms with Crippen LogP contribution in [0, 0.1) is 0 Å². The highest BCUT2D eigenvalue weighted by molar-refractivity contribution is 5.69. The molecule has 0 amide bonds. The van der Waals surface area contributed by atoms with Crippen LogP contribution in [-0.2, 0) is 17.5 Å². The summed E-state index contributed by atoms with van der Waals surface area (Å²) in [6.07, 6.45) is -3.67. The molecule has 1 aromatic heterocycles. The van der Waals surface area contributed by atoms with E-state index in [-0.39, 0.29) is 13.1 Å². The largest absolute Gasteiger partial charge is 0.480 e. The minimum absolute atomic E-state index is 0.173. The Kier molecular flexibility index (Phi) is 5.50. The first-order valence-corrected chi connectivity index (χ1v) is 7.20. The van der Waals surface area contributed by atoms with Crippen LogP contribution in [0.4, 0.5) is 13.2 Å². The van der Waals surface area contributed by atoms with Gasteiger partial charge in [0.2, 0.25) is 0 Å². The molecule has 130 valence electrons. The van der Waals surface area contributed by atoms with Crippen molar-refractivity contribution >= 4 is 5.97 Å². The molecule has 24 heavy (non-hydrogen) atoms. The third-order valence-corrected chi connectivity index (χ3v) is 3.24. The molecular weight excluding hydrogens is 327 g/mol. The first-order chi connectivity index (χ1) is 11.3. The monoisotopic (exact) mass is 343 g/mol. The Bertz CT molecular complexity index is 684. The van der Waals surface area contributed by atoms with Crippen molar-refractivity contribution in [2.24, 2.45) is 0 Å². The van der Waals surface area contributed by atoms with Crippen molar-refractivity contribution in [3.8, 4) is 5.69 Å². The lowest BCUT2D eigenvalue weighted by Crippen LogP contribution is -2.31. The Morgan fingerprint density at radius 2 is 1.96 bits per heavy atom. The van der Waals surface area contributed by atoms with Crippen molar-refractivity contribution in [1.29, 1.82) is 0 Å². The van der Waals surface area contributed by atoms with Gasteiger partial charge in [-0.2, -0.15) is 17.9 Å². The third-order valence-electron chi connectivity index (χ3n) is 3.24. The summed E-state index contributed by atoms with van der Waals surface area (Å²) in [5.41, 5.74) is -0.394. The Labute approximate surface area is 135 Å². The Balaban J connectivity index is 2.21. The van der Waals surface area contributed by atoms with Crippen LogP contribution >= 0.6 is 0 Å². The van der Waals surface area contributed by atoms with Crippen molar-refractivity contribution in [2.45, 2.75) is 26.1 Å². The maximum Gasteiger partial charge on any atom is 0.416 e. The molecule has 0 aliphatic rings. The number of tetrazole rings is 1. The highest BCUT2D eigenvalue weighted by atomic mass is 19.4. The molecule has 0 aliphatic carbocycles. The number of alkyl halides is 3. The van der Waals surface area contributed by atoms with Gasteiger partial charge in [0, 0.05) is 0 Å². The molecule has 0 aliphatic heterocycles. The maximum absolute atomic E-state index is 12.6. The second-order valence-electron chi connectivity index (χ2n) is 5.16. The molecule has 0 spiro atoms. The molecule has 0 radical (unpaired) electrons. The number of carboxylic acid groups (broad SMARTS) is 1. The van der Waals surface area contributed by atoms with Crippen LogP contribution in [0.1, 0.15) is 24.7 Å². The van der Waals surface area contributed by atoms with Crippen LogP contribution in [0.5, 0.6) is 0 Å². The van der Waals surface area contributed by atoms with Crippen molar-refractivity contribution in [2.75, 3.05) is 13.1 Å². The van der Waals surface area contributed by atoms with Crippen molar-refractivity contribution in [3.05, 3.63) is 35.7 Å². The van der Waals surface area contributed by atoms with E-state index in [1.54, 1.807) is 4.90 Å². The Hall–Kier alpha value is -2.49. The quantitative estimate of drug-likeness (QED) is 0.827. The average molecular weight is 343 g/mol. The van der Waals surface area contributed by atoms with E-state index in [1.165, 1.54) is 16.8 Å². The summed E-state index contributed by atoms with van der Waals surface area (Å²) in [6, 6.07) is 4.43. The lowest BCUT2D eigenvalue weighted by Gasteiger charge is -2.18. The molecule has 0 saturated heterocycles. The SMILES string of the molecule is CCCN(CC(=O)O)Cc1nnnn1-c1ccc(C(F)(F)F)cc1. The van der Waals surface area contributed by atoms with E-state index in [2.05, 4.69) is 15.5 Å². The van der Waals surface area contributed by atoms with Gasteiger partial charge in [0.25, 0.3) is 0 Å². The highest BCUT2D eigenvalue weighted by Crippen LogP contribution is 2.29. The van der Waals surface area contributed by atoms with E-state index < -0.39 is 17.7 Å². The highest BCUT2D eigenvalue weighted by Gasteiger charge is 2.30. The van der Waals surface area contributed by atoms with Gasteiger partial charge < -0.3 is 5.11 Å². The predicted octanol–water partition coefficient (Wildman–Crippen LogP) is 1.98. The van der Waals surface area contributed by atoms with Crippen LogP contribution < -0.4 is 0 Å². The summed E-state index contributed by atoms with van der Waals surface area (Å²) in [7, 11) is 0. The summed E-state index contributed by atoms with van der Waals surface area (Å²) in [5, 5.41) is 20.1. The fraction of sp³-hybridized carbons (Fsp3) is 0.429. The van der Waals surface area contributed by atoms with E-state index >= 15 is 0 Å². The molecule has 1 heterocycles. The smallest absolute Gasteiger partial charge is 0.416 e. The van der Waals surface area contributed by atoms with Crippen LogP contribution in [0.25, 0.3) is 5.69 Å². The van der Waals surface area contributed by atoms with Crippen molar-refractivity contribution in [1.82, 2.24) is 25.1 Å². The Morgan fingerprint density at radius 3 is 2.50 bits per heavy atom. The molecule has 1 aromatic carbocycles. The first-order valence-electron chi connectivity index (χ1n) is 7.20. The van der Waals surface area contributed by atoms with Gasteiger partial charge in [-0.25, -0.2) is 0 Å². The number of aliphatic carboxylic acids is 1. The molecule has 0 atom stereocenters. The zero-order valence-electron chi connectivity index (χ0n) is 12.9. The average Bonchev–Trinajstić information content (AvgIpc) is 2.94. The van der Waals surface area contributed by atoms with E-state index in [0.717, 1.165) is 18.6 Å². The van der Waals surface area contributed by atoms with Gasteiger partial charge in [0.05, 0.1) is 24.3 Å². The minimum atomic E-state index is -4.42. The van der Waals surface area contributed by atoms with E-state index in [1.807, 2.05) is 6.92 Å². The minimum Gasteiger partial charge on any atom is -0.480 e.